The normalized spacial score (nSPS) is 13.4. The van der Waals surface area contributed by atoms with Crippen molar-refractivity contribution in [2.45, 2.75) is 6.04 Å². The lowest BCUT2D eigenvalue weighted by Crippen LogP contribution is -2.31. The van der Waals surface area contributed by atoms with E-state index in [2.05, 4.69) is 12.6 Å². The number of aliphatic carboxylic acids is 1. The Morgan fingerprint density at radius 2 is 2.43 bits per heavy atom. The first kappa shape index (κ1) is 6.78. The maximum absolute atomic E-state index is 9.76. The highest BCUT2D eigenvalue weighted by molar-refractivity contribution is 7.80. The van der Waals surface area contributed by atoms with Gasteiger partial charge in [-0.05, 0) is 0 Å². The van der Waals surface area contributed by atoms with Gasteiger partial charge in [0.05, 0.1) is 0 Å². The molecule has 0 fully saturated rings. The van der Waals surface area contributed by atoms with Crippen molar-refractivity contribution in [3.8, 4) is 0 Å². The number of carbonyl (C=O) groups is 1. The van der Waals surface area contributed by atoms with E-state index in [1.165, 1.54) is 0 Å². The minimum atomic E-state index is -1.00. The number of hydrogen-bond acceptors (Lipinski definition) is 3. The highest BCUT2D eigenvalue weighted by atomic mass is 32.1. The molecule has 0 radical (unpaired) electrons. The first-order valence-electron chi connectivity index (χ1n) is 1.77. The Morgan fingerprint density at radius 1 is 2.00 bits per heavy atom. The lowest BCUT2D eigenvalue weighted by molar-refractivity contribution is -0.137. The summed E-state index contributed by atoms with van der Waals surface area (Å²) >= 11 is 3.65. The minimum absolute atomic E-state index is 0.190. The van der Waals surface area contributed by atoms with Crippen molar-refractivity contribution in [2.75, 3.05) is 5.75 Å². The van der Waals surface area contributed by atoms with Crippen LogP contribution in [0.15, 0.2) is 0 Å². The zero-order chi connectivity index (χ0) is 5.86. The predicted octanol–water partition coefficient (Wildman–Crippen LogP) is -0.672. The molecular weight excluding hydrogens is 118 g/mol. The topological polar surface area (TPSA) is 63.3 Å². The van der Waals surface area contributed by atoms with Gasteiger partial charge in [0.1, 0.15) is 6.04 Å². The number of carboxylic acid groups (broad SMARTS) is 1. The average Bonchev–Trinajstić information content (AvgIpc) is 1.65. The van der Waals surface area contributed by atoms with E-state index in [4.69, 9.17) is 10.8 Å². The van der Waals surface area contributed by atoms with E-state index in [0.29, 0.717) is 0 Å². The Labute approximate surface area is 46.9 Å². The fraction of sp³-hybridized carbons (Fsp3) is 0.667. The number of nitrogens with two attached hydrogens (primary N) is 1. The highest BCUT2D eigenvalue weighted by Crippen LogP contribution is 1.80. The number of rotatable bonds is 2. The Bertz CT molecular complexity index is 75.3. The van der Waals surface area contributed by atoms with Gasteiger partial charge in [-0.3, -0.25) is 4.79 Å². The quantitative estimate of drug-likeness (QED) is 0.260. The van der Waals surface area contributed by atoms with Crippen LogP contribution in [0.2, 0.25) is 0 Å². The molecule has 42 valence electrons. The highest BCUT2D eigenvalue weighted by Gasteiger charge is 2.06. The molecule has 0 spiro atoms. The molecule has 0 aromatic rings. The molecular formula is C3H7NO2S. The second-order valence-corrected chi connectivity index (χ2v) is 1.49. The summed E-state index contributed by atoms with van der Waals surface area (Å²) in [5.41, 5.74) is 4.94. The Hall–Kier alpha value is -0.220. The lowest BCUT2D eigenvalue weighted by atomic mass is 11.4. The van der Waals surface area contributed by atoms with Gasteiger partial charge in [-0.25, -0.2) is 0 Å². The zero-order valence-corrected chi connectivity index (χ0v) is 4.56. The lowest BCUT2D eigenvalue weighted by Gasteiger charge is -1.96. The average molecular weight is 125 g/mol. The second-order valence-electron chi connectivity index (χ2n) is 1.13. The fourth-order valence-corrected chi connectivity index (χ4v) is 0.234. The van der Waals surface area contributed by atoms with Gasteiger partial charge in [-0.15, -0.1) is 0 Å². The maximum Gasteiger partial charge on any atom is 0.321 e. The summed E-state index contributed by atoms with van der Waals surface area (Å²) in [6.45, 7) is 0. The van der Waals surface area contributed by atoms with Crippen molar-refractivity contribution in [2.24, 2.45) is 5.73 Å². The standard InChI is InChI=1S/C3H7NO2S/c4-2(1-7)3(5)6/h2,7H,1,4H2,(H,5,6)/t2-/m0/s1/i1+1,2+1,3+1,4+1. The van der Waals surface area contributed by atoms with Crippen LogP contribution in [0.5, 0.6) is 0 Å². The van der Waals surface area contributed by atoms with E-state index in [1.54, 1.807) is 0 Å². The summed E-state index contributed by atoms with van der Waals surface area (Å²) in [6.07, 6.45) is 0. The summed E-state index contributed by atoms with van der Waals surface area (Å²) in [7, 11) is 0. The molecule has 0 unspecified atom stereocenters. The minimum Gasteiger partial charge on any atom is -0.480 e. The van der Waals surface area contributed by atoms with Crippen molar-refractivity contribution in [1.29, 1.82) is 0 Å². The molecule has 0 aliphatic carbocycles. The Balaban J connectivity index is 3.34. The van der Waals surface area contributed by atoms with Gasteiger partial charge in [0.25, 0.3) is 0 Å². The first-order chi connectivity index (χ1) is 3.18. The van der Waals surface area contributed by atoms with Gasteiger partial charge < -0.3 is 10.8 Å². The van der Waals surface area contributed by atoms with Crippen molar-refractivity contribution in [3.63, 3.8) is 0 Å². The molecule has 0 amide bonds. The van der Waals surface area contributed by atoms with Crippen molar-refractivity contribution < 1.29 is 9.90 Å². The fourth-order valence-electron chi connectivity index (χ4n) is 0.0781. The van der Waals surface area contributed by atoms with Crippen LogP contribution >= 0.6 is 12.6 Å². The molecule has 3 N–H and O–H groups in total. The number of thiol groups is 1. The van der Waals surface area contributed by atoms with E-state index in [9.17, 15) is 4.79 Å². The van der Waals surface area contributed by atoms with Crippen molar-refractivity contribution in [1.82, 2.24) is 0 Å². The molecule has 0 bridgehead atoms. The van der Waals surface area contributed by atoms with E-state index in [-0.39, 0.29) is 5.75 Å². The predicted molar refractivity (Wildman–Crippen MR) is 29.5 cm³/mol. The van der Waals surface area contributed by atoms with Gasteiger partial charge >= 0.3 is 5.97 Å². The third-order valence-electron chi connectivity index (χ3n) is 0.514. The molecule has 0 heterocycles. The zero-order valence-electron chi connectivity index (χ0n) is 3.66. The molecule has 4 heteroatoms. The molecule has 0 aromatic heterocycles. The van der Waals surface area contributed by atoms with Crippen LogP contribution in [0.1, 0.15) is 0 Å². The maximum atomic E-state index is 9.76. The van der Waals surface area contributed by atoms with Gasteiger partial charge in [0.15, 0.2) is 0 Å². The number of hydrogen-bond donors (Lipinski definition) is 3. The Morgan fingerprint density at radius 3 is 2.43 bits per heavy atom. The van der Waals surface area contributed by atoms with Crippen LogP contribution in [0.25, 0.3) is 0 Å². The van der Waals surface area contributed by atoms with Crippen LogP contribution in [0.4, 0.5) is 0 Å². The molecule has 0 aliphatic rings. The molecule has 3 nitrogen and oxygen atoms in total. The number of carboxylic acids is 1. The molecule has 0 saturated carbocycles. The third kappa shape index (κ3) is 2.47. The molecule has 7 heavy (non-hydrogen) atoms. The van der Waals surface area contributed by atoms with E-state index in [0.717, 1.165) is 0 Å². The summed E-state index contributed by atoms with van der Waals surface area (Å²) in [5, 5.41) is 8.01. The van der Waals surface area contributed by atoms with E-state index < -0.39 is 12.0 Å². The van der Waals surface area contributed by atoms with Gasteiger partial charge in [0, 0.05) is 5.75 Å². The second kappa shape index (κ2) is 2.87. The molecule has 1 atom stereocenters. The monoisotopic (exact) mass is 125 g/mol. The van der Waals surface area contributed by atoms with Crippen LogP contribution < -0.4 is 5.73 Å². The summed E-state index contributed by atoms with van der Waals surface area (Å²) in [4.78, 5) is 9.76. The molecule has 0 aliphatic heterocycles. The summed E-state index contributed by atoms with van der Waals surface area (Å²) < 4.78 is 0. The van der Waals surface area contributed by atoms with Crippen LogP contribution in [0.3, 0.4) is 0 Å². The van der Waals surface area contributed by atoms with Crippen molar-refractivity contribution in [3.05, 3.63) is 0 Å². The van der Waals surface area contributed by atoms with Crippen LogP contribution in [0, 0.1) is 0 Å². The van der Waals surface area contributed by atoms with E-state index >= 15 is 0 Å². The smallest absolute Gasteiger partial charge is 0.321 e. The van der Waals surface area contributed by atoms with Gasteiger partial charge in [-0.2, -0.15) is 12.6 Å². The molecule has 0 aromatic carbocycles. The Kier molecular flexibility index (Phi) is 2.78. The van der Waals surface area contributed by atoms with Crippen molar-refractivity contribution >= 4 is 18.6 Å². The molecule has 0 saturated heterocycles. The van der Waals surface area contributed by atoms with Crippen LogP contribution in [-0.2, 0) is 4.79 Å². The third-order valence-corrected chi connectivity index (χ3v) is 0.907. The summed E-state index contributed by atoms with van der Waals surface area (Å²) in [5.74, 6) is -0.815. The SMILES string of the molecule is [15NH2][13C@@H]([13CH2]S)[13C](=O)O. The molecule has 0 rings (SSSR count). The summed E-state index contributed by atoms with van der Waals surface area (Å²) in [6, 6.07) is -0.816. The van der Waals surface area contributed by atoms with Gasteiger partial charge in [0.2, 0.25) is 0 Å². The van der Waals surface area contributed by atoms with Gasteiger partial charge in [-0.1, -0.05) is 0 Å². The van der Waals surface area contributed by atoms with E-state index in [1.807, 2.05) is 0 Å². The van der Waals surface area contributed by atoms with Crippen LogP contribution in [-0.4, -0.2) is 22.9 Å². The largest absolute Gasteiger partial charge is 0.480 e. The first-order valence-corrected chi connectivity index (χ1v) is 2.41.